The van der Waals surface area contributed by atoms with Gasteiger partial charge in [-0.1, -0.05) is 84.9 Å². The number of hydrogen-bond acceptors (Lipinski definition) is 9. The summed E-state index contributed by atoms with van der Waals surface area (Å²) in [6.45, 7) is 7.22. The number of rotatable bonds is 11. The molecule has 262 valence electrons. The van der Waals surface area contributed by atoms with Gasteiger partial charge in [0.25, 0.3) is 5.69 Å². The number of methoxy groups -OCH3 is 1. The van der Waals surface area contributed by atoms with Gasteiger partial charge in [-0.25, -0.2) is 9.59 Å². The van der Waals surface area contributed by atoms with E-state index in [1.54, 1.807) is 19.9 Å². The highest BCUT2D eigenvalue weighted by molar-refractivity contribution is 5.99. The zero-order valence-corrected chi connectivity index (χ0v) is 29.1. The molecule has 0 unspecified atom stereocenters. The Bertz CT molecular complexity index is 1890. The first-order chi connectivity index (χ1) is 24.7. The molecule has 0 saturated carbocycles. The van der Waals surface area contributed by atoms with Crippen LogP contribution in [-0.4, -0.2) is 61.7 Å². The summed E-state index contributed by atoms with van der Waals surface area (Å²) in [5.41, 5.74) is 6.44. The Labute approximate surface area is 298 Å². The number of benzene rings is 4. The van der Waals surface area contributed by atoms with E-state index >= 15 is 0 Å². The van der Waals surface area contributed by atoms with E-state index in [9.17, 15) is 19.7 Å². The molecule has 0 spiro atoms. The fourth-order valence-corrected chi connectivity index (χ4v) is 7.13. The lowest BCUT2D eigenvalue weighted by Crippen LogP contribution is -2.48. The minimum absolute atomic E-state index is 0.117. The van der Waals surface area contributed by atoms with Crippen molar-refractivity contribution in [3.8, 4) is 0 Å². The van der Waals surface area contributed by atoms with E-state index in [2.05, 4.69) is 100 Å². The second-order valence-corrected chi connectivity index (χ2v) is 12.8. The standard InChI is InChI=1S/C41H42N4O6/c1-28-36(40(46)50-3)38(33-15-10-16-35(27-33)45(48)49)37(29(2)42-28)41(47)51-26-21-30-17-19-34(20-18-30)43-22-24-44(25-23-43)39(31-11-6-4-7-12-31)32-13-8-5-9-14-32/h4-20,27,38-39,42H,21-26H2,1-3H3/t38-/m0/s1. The van der Waals surface area contributed by atoms with E-state index in [4.69, 9.17) is 9.47 Å². The van der Waals surface area contributed by atoms with Crippen LogP contribution in [0.4, 0.5) is 11.4 Å². The number of allylic oxidation sites excluding steroid dienone is 2. The third-order valence-corrected chi connectivity index (χ3v) is 9.64. The molecule has 2 aliphatic rings. The SMILES string of the molecule is COC(=O)C1=C(C)NC(C)=C(C(=O)OCCc2ccc(N3CCN(C(c4ccccc4)c4ccccc4)CC3)cc2)[C@H]1c1cccc([N+](=O)[O-])c1. The second-order valence-electron chi connectivity index (χ2n) is 12.8. The van der Waals surface area contributed by atoms with E-state index in [0.29, 0.717) is 23.4 Å². The van der Waals surface area contributed by atoms with Crippen LogP contribution in [0.15, 0.2) is 132 Å². The summed E-state index contributed by atoms with van der Waals surface area (Å²) in [6.07, 6.45) is 0.496. The second kappa shape index (κ2) is 15.9. The smallest absolute Gasteiger partial charge is 0.336 e. The lowest BCUT2D eigenvalue weighted by Gasteiger charge is -2.40. The van der Waals surface area contributed by atoms with E-state index < -0.39 is 22.8 Å². The first-order valence-electron chi connectivity index (χ1n) is 17.1. The minimum atomic E-state index is -0.901. The summed E-state index contributed by atoms with van der Waals surface area (Å²) in [4.78, 5) is 42.6. The molecule has 1 saturated heterocycles. The quantitative estimate of drug-likeness (QED) is 0.105. The first-order valence-corrected chi connectivity index (χ1v) is 17.1. The molecule has 2 heterocycles. The summed E-state index contributed by atoms with van der Waals surface area (Å²) in [5, 5.41) is 14.7. The number of nitrogens with zero attached hydrogens (tertiary/aromatic N) is 3. The molecule has 51 heavy (non-hydrogen) atoms. The molecule has 0 radical (unpaired) electrons. The number of nitrogens with one attached hydrogen (secondary N) is 1. The highest BCUT2D eigenvalue weighted by Gasteiger charge is 2.38. The first kappa shape index (κ1) is 35.1. The summed E-state index contributed by atoms with van der Waals surface area (Å²) < 4.78 is 10.8. The maximum atomic E-state index is 13.6. The lowest BCUT2D eigenvalue weighted by molar-refractivity contribution is -0.384. The number of non-ortho nitro benzene ring substituents is 1. The van der Waals surface area contributed by atoms with E-state index in [0.717, 1.165) is 37.4 Å². The summed E-state index contributed by atoms with van der Waals surface area (Å²) >= 11 is 0. The monoisotopic (exact) mass is 686 g/mol. The van der Waals surface area contributed by atoms with Crippen LogP contribution in [0.1, 0.15) is 48.1 Å². The summed E-state index contributed by atoms with van der Waals surface area (Å²) in [6, 6.07) is 35.8. The van der Waals surface area contributed by atoms with Crippen LogP contribution >= 0.6 is 0 Å². The van der Waals surface area contributed by atoms with Crippen LogP contribution in [0.5, 0.6) is 0 Å². The van der Waals surface area contributed by atoms with E-state index in [-0.39, 0.29) is 29.5 Å². The Morgan fingerprint density at radius 2 is 1.39 bits per heavy atom. The van der Waals surface area contributed by atoms with Gasteiger partial charge in [0, 0.05) is 61.8 Å². The van der Waals surface area contributed by atoms with Gasteiger partial charge < -0.3 is 19.7 Å². The largest absolute Gasteiger partial charge is 0.466 e. The molecule has 1 fully saturated rings. The molecule has 4 aromatic rings. The molecule has 0 amide bonds. The van der Waals surface area contributed by atoms with E-state index in [1.165, 1.54) is 36.4 Å². The molecule has 4 aromatic carbocycles. The van der Waals surface area contributed by atoms with Crippen molar-refractivity contribution in [2.24, 2.45) is 0 Å². The number of dihydropyridines is 1. The van der Waals surface area contributed by atoms with Crippen molar-refractivity contribution in [3.63, 3.8) is 0 Å². The maximum absolute atomic E-state index is 13.6. The Kier molecular flexibility index (Phi) is 10.9. The van der Waals surface area contributed by atoms with Gasteiger partial charge in [0.1, 0.15) is 0 Å². The predicted octanol–water partition coefficient (Wildman–Crippen LogP) is 6.70. The van der Waals surface area contributed by atoms with Gasteiger partial charge in [-0.15, -0.1) is 0 Å². The Morgan fingerprint density at radius 1 is 0.804 bits per heavy atom. The van der Waals surface area contributed by atoms with Crippen LogP contribution in [0.3, 0.4) is 0 Å². The molecule has 0 aliphatic carbocycles. The number of ether oxygens (including phenoxy) is 2. The number of anilines is 1. The van der Waals surface area contributed by atoms with Crippen LogP contribution in [-0.2, 0) is 25.5 Å². The van der Waals surface area contributed by atoms with Gasteiger partial charge in [-0.05, 0) is 48.2 Å². The summed E-state index contributed by atoms with van der Waals surface area (Å²) in [7, 11) is 1.26. The van der Waals surface area contributed by atoms with Crippen LogP contribution in [0, 0.1) is 10.1 Å². The minimum Gasteiger partial charge on any atom is -0.466 e. The molecular weight excluding hydrogens is 644 g/mol. The molecular formula is C41H42N4O6. The number of nitro benzene ring substituents is 1. The number of carbonyl (C=O) groups excluding carboxylic acids is 2. The van der Waals surface area contributed by atoms with Crippen LogP contribution < -0.4 is 10.2 Å². The van der Waals surface area contributed by atoms with Crippen molar-refractivity contribution >= 4 is 23.3 Å². The molecule has 10 nitrogen and oxygen atoms in total. The Balaban J connectivity index is 1.09. The number of hydrogen-bond donors (Lipinski definition) is 1. The average molecular weight is 687 g/mol. The zero-order chi connectivity index (χ0) is 35.9. The normalized spacial score (nSPS) is 16.5. The molecule has 0 bridgehead atoms. The van der Waals surface area contributed by atoms with Crippen molar-refractivity contribution < 1.29 is 24.0 Å². The van der Waals surface area contributed by atoms with Crippen LogP contribution in [0.2, 0.25) is 0 Å². The zero-order valence-electron chi connectivity index (χ0n) is 29.1. The van der Waals surface area contributed by atoms with Crippen LogP contribution in [0.25, 0.3) is 0 Å². The van der Waals surface area contributed by atoms with Crippen molar-refractivity contribution in [2.45, 2.75) is 32.2 Å². The fourth-order valence-electron chi connectivity index (χ4n) is 7.13. The van der Waals surface area contributed by atoms with E-state index in [1.807, 2.05) is 0 Å². The fraction of sp³-hybridized carbons (Fsp3) is 0.268. The third kappa shape index (κ3) is 7.86. The molecule has 1 atom stereocenters. The third-order valence-electron chi connectivity index (χ3n) is 9.64. The highest BCUT2D eigenvalue weighted by atomic mass is 16.6. The van der Waals surface area contributed by atoms with Crippen molar-refractivity contribution in [1.82, 2.24) is 10.2 Å². The Morgan fingerprint density at radius 3 is 1.96 bits per heavy atom. The van der Waals surface area contributed by atoms with Gasteiger partial charge in [0.05, 0.1) is 41.7 Å². The number of nitro groups is 1. The van der Waals surface area contributed by atoms with Gasteiger partial charge >= 0.3 is 11.9 Å². The average Bonchev–Trinajstić information content (AvgIpc) is 3.16. The highest BCUT2D eigenvalue weighted by Crippen LogP contribution is 2.40. The molecule has 10 heteroatoms. The van der Waals surface area contributed by atoms with Gasteiger partial charge in [0.2, 0.25) is 0 Å². The van der Waals surface area contributed by atoms with Gasteiger partial charge in [-0.3, -0.25) is 15.0 Å². The molecule has 6 rings (SSSR count). The van der Waals surface area contributed by atoms with Crippen molar-refractivity contribution in [1.29, 1.82) is 0 Å². The lowest BCUT2D eigenvalue weighted by atomic mass is 9.80. The number of esters is 2. The maximum Gasteiger partial charge on any atom is 0.336 e. The van der Waals surface area contributed by atoms with Gasteiger partial charge in [-0.2, -0.15) is 0 Å². The molecule has 1 N–H and O–H groups in total. The van der Waals surface area contributed by atoms with Crippen molar-refractivity contribution in [2.75, 3.05) is 44.8 Å². The topological polar surface area (TPSA) is 114 Å². The molecule has 0 aromatic heterocycles. The molecule has 2 aliphatic heterocycles. The van der Waals surface area contributed by atoms with Crippen molar-refractivity contribution in [3.05, 3.63) is 164 Å². The Hall–Kier alpha value is -5.74. The number of carbonyl (C=O) groups is 2. The number of piperazine rings is 1. The van der Waals surface area contributed by atoms with Gasteiger partial charge in [0.15, 0.2) is 0 Å². The predicted molar refractivity (Wildman–Crippen MR) is 196 cm³/mol. The summed E-state index contributed by atoms with van der Waals surface area (Å²) in [5.74, 6) is -2.14.